The smallest absolute Gasteiger partial charge is 0.253 e. The highest BCUT2D eigenvalue weighted by atomic mass is 32.1. The fourth-order valence-corrected chi connectivity index (χ4v) is 3.88. The average molecular weight is 378 g/mol. The maximum atomic E-state index is 12.5. The van der Waals surface area contributed by atoms with E-state index in [0.29, 0.717) is 12.7 Å². The van der Waals surface area contributed by atoms with Gasteiger partial charge in [-0.1, -0.05) is 29.5 Å². The van der Waals surface area contributed by atoms with Gasteiger partial charge in [0.25, 0.3) is 5.91 Å². The van der Waals surface area contributed by atoms with Gasteiger partial charge >= 0.3 is 0 Å². The average Bonchev–Trinajstić information content (AvgIpc) is 2.94. The largest absolute Gasteiger partial charge is 0.358 e. The van der Waals surface area contributed by atoms with Crippen LogP contribution in [0.15, 0.2) is 30.3 Å². The van der Waals surface area contributed by atoms with Crippen molar-refractivity contribution in [2.45, 2.75) is 26.6 Å². The van der Waals surface area contributed by atoms with Gasteiger partial charge in [-0.05, 0) is 38.2 Å². The molecule has 2 aromatic rings. The molecule has 0 aliphatic carbocycles. The van der Waals surface area contributed by atoms with Crippen LogP contribution in [0.3, 0.4) is 0 Å². The molecule has 0 spiro atoms. The van der Waals surface area contributed by atoms with E-state index in [-0.39, 0.29) is 5.91 Å². The summed E-state index contributed by atoms with van der Waals surface area (Å²) >= 11 is 6.91. The molecule has 2 heterocycles. The van der Waals surface area contributed by atoms with Crippen LogP contribution >= 0.6 is 23.6 Å². The predicted molar refractivity (Wildman–Crippen MR) is 104 cm³/mol. The summed E-state index contributed by atoms with van der Waals surface area (Å²) in [4.78, 5) is 16.7. The van der Waals surface area contributed by atoms with Crippen LogP contribution < -0.4 is 5.32 Å². The second-order valence-corrected chi connectivity index (χ2v) is 8.01. The Labute approximate surface area is 157 Å². The van der Waals surface area contributed by atoms with Gasteiger partial charge in [-0.15, -0.1) is 5.10 Å². The molecule has 0 unspecified atom stereocenters. The van der Waals surface area contributed by atoms with E-state index in [1.807, 2.05) is 39.9 Å². The number of aromatic nitrogens is 2. The summed E-state index contributed by atoms with van der Waals surface area (Å²) in [5, 5.41) is 8.69. The molecule has 1 amide bonds. The fourth-order valence-electron chi connectivity index (χ4n) is 2.75. The van der Waals surface area contributed by atoms with Crippen molar-refractivity contribution in [2.24, 2.45) is 0 Å². The topological polar surface area (TPSA) is 53.4 Å². The zero-order valence-corrected chi connectivity index (χ0v) is 16.1. The number of anilines is 1. The second-order valence-electron chi connectivity index (χ2n) is 6.39. The quantitative estimate of drug-likeness (QED) is 0.812. The molecule has 1 aliphatic heterocycles. The van der Waals surface area contributed by atoms with Crippen molar-refractivity contribution >= 4 is 34.6 Å². The first-order valence-electron chi connectivity index (χ1n) is 8.44. The molecular formula is C17H23N5OS2. The van der Waals surface area contributed by atoms with Crippen LogP contribution in [0.5, 0.6) is 0 Å². The second kappa shape index (κ2) is 8.07. The number of hydrogen-bond donors (Lipinski definition) is 1. The Morgan fingerprint density at radius 3 is 2.56 bits per heavy atom. The normalized spacial score (nSPS) is 15.6. The number of rotatable bonds is 5. The van der Waals surface area contributed by atoms with Crippen molar-refractivity contribution < 1.29 is 4.79 Å². The molecule has 8 heteroatoms. The van der Waals surface area contributed by atoms with Gasteiger partial charge in [0, 0.05) is 37.8 Å². The van der Waals surface area contributed by atoms with Gasteiger partial charge in [-0.3, -0.25) is 9.69 Å². The number of carbonyl (C=O) groups excluding carboxylic acids is 1. The number of nitrogens with zero attached hydrogens (tertiary/aromatic N) is 4. The summed E-state index contributed by atoms with van der Waals surface area (Å²) in [5.41, 5.74) is 0.752. The van der Waals surface area contributed by atoms with Crippen LogP contribution in [0.25, 0.3) is 0 Å². The lowest BCUT2D eigenvalue weighted by molar-refractivity contribution is 0.0586. The predicted octanol–water partition coefficient (Wildman–Crippen LogP) is 2.91. The highest BCUT2D eigenvalue weighted by Gasteiger charge is 2.22. The number of benzene rings is 1. The third-order valence-corrected chi connectivity index (χ3v) is 5.27. The van der Waals surface area contributed by atoms with Gasteiger partial charge in [0.05, 0.1) is 6.67 Å². The van der Waals surface area contributed by atoms with E-state index in [2.05, 4.69) is 29.2 Å². The third kappa shape index (κ3) is 4.65. The molecule has 25 heavy (non-hydrogen) atoms. The molecule has 1 aromatic heterocycles. The summed E-state index contributed by atoms with van der Waals surface area (Å²) < 4.78 is 2.63. The molecular weight excluding hydrogens is 354 g/mol. The van der Waals surface area contributed by atoms with E-state index in [0.717, 1.165) is 40.8 Å². The van der Waals surface area contributed by atoms with Crippen molar-refractivity contribution in [1.29, 1.82) is 0 Å². The lowest BCUT2D eigenvalue weighted by Crippen LogP contribution is -2.49. The number of piperazine rings is 1. The van der Waals surface area contributed by atoms with Gasteiger partial charge in [0.15, 0.2) is 3.95 Å². The minimum atomic E-state index is 0.105. The van der Waals surface area contributed by atoms with Gasteiger partial charge < -0.3 is 10.2 Å². The fraction of sp³-hybridized carbons (Fsp3) is 0.471. The first kappa shape index (κ1) is 18.0. The molecule has 3 rings (SSSR count). The SMILES string of the molecule is CC(C)Nc1nn(CN2CCN(C(=O)c3ccccc3)CC2)c(=S)s1. The van der Waals surface area contributed by atoms with Crippen molar-refractivity contribution in [3.05, 3.63) is 39.8 Å². The van der Waals surface area contributed by atoms with Crippen molar-refractivity contribution in [1.82, 2.24) is 19.6 Å². The summed E-state index contributed by atoms with van der Waals surface area (Å²) in [5.74, 6) is 0.105. The van der Waals surface area contributed by atoms with E-state index in [4.69, 9.17) is 12.2 Å². The Morgan fingerprint density at radius 2 is 1.92 bits per heavy atom. The maximum absolute atomic E-state index is 12.5. The van der Waals surface area contributed by atoms with E-state index < -0.39 is 0 Å². The zero-order chi connectivity index (χ0) is 17.8. The minimum absolute atomic E-state index is 0.105. The highest BCUT2D eigenvalue weighted by molar-refractivity contribution is 7.73. The van der Waals surface area contributed by atoms with Crippen molar-refractivity contribution in [3.8, 4) is 0 Å². The van der Waals surface area contributed by atoms with E-state index in [9.17, 15) is 4.79 Å². The Bertz CT molecular complexity index is 763. The van der Waals surface area contributed by atoms with Gasteiger partial charge in [-0.2, -0.15) is 0 Å². The van der Waals surface area contributed by atoms with Crippen LogP contribution in [0, 0.1) is 3.95 Å². The maximum Gasteiger partial charge on any atom is 0.253 e. The van der Waals surface area contributed by atoms with Gasteiger partial charge in [0.1, 0.15) is 0 Å². The van der Waals surface area contributed by atoms with E-state index >= 15 is 0 Å². The summed E-state index contributed by atoms with van der Waals surface area (Å²) in [7, 11) is 0. The van der Waals surface area contributed by atoms with Crippen molar-refractivity contribution in [3.63, 3.8) is 0 Å². The molecule has 0 saturated carbocycles. The molecule has 1 aromatic carbocycles. The lowest BCUT2D eigenvalue weighted by Gasteiger charge is -2.34. The van der Waals surface area contributed by atoms with Crippen LogP contribution in [-0.2, 0) is 6.67 Å². The monoisotopic (exact) mass is 377 g/mol. The Hall–Kier alpha value is -1.77. The Balaban J connectivity index is 1.55. The first-order valence-corrected chi connectivity index (χ1v) is 9.66. The van der Waals surface area contributed by atoms with Gasteiger partial charge in [0.2, 0.25) is 5.13 Å². The van der Waals surface area contributed by atoms with Crippen LogP contribution in [-0.4, -0.2) is 57.7 Å². The standard InChI is InChI=1S/C17H23N5OS2/c1-13(2)18-16-19-22(17(24)25-16)12-20-8-10-21(11-9-20)15(23)14-6-4-3-5-7-14/h3-7,13H,8-12H2,1-2H3,(H,18,19). The molecule has 1 fully saturated rings. The highest BCUT2D eigenvalue weighted by Crippen LogP contribution is 2.16. The number of nitrogens with one attached hydrogen (secondary N) is 1. The Kier molecular flexibility index (Phi) is 5.82. The summed E-state index contributed by atoms with van der Waals surface area (Å²) in [6.45, 7) is 7.93. The van der Waals surface area contributed by atoms with Gasteiger partial charge in [-0.25, -0.2) is 4.68 Å². The molecule has 0 radical (unpaired) electrons. The summed E-state index contributed by atoms with van der Waals surface area (Å²) in [6.07, 6.45) is 0. The number of hydrogen-bond acceptors (Lipinski definition) is 6. The summed E-state index contributed by atoms with van der Waals surface area (Å²) in [6, 6.07) is 9.79. The van der Waals surface area contributed by atoms with Crippen LogP contribution in [0.1, 0.15) is 24.2 Å². The molecule has 134 valence electrons. The molecule has 0 atom stereocenters. The molecule has 1 aliphatic rings. The molecule has 6 nitrogen and oxygen atoms in total. The first-order chi connectivity index (χ1) is 12.0. The molecule has 1 saturated heterocycles. The van der Waals surface area contributed by atoms with Crippen LogP contribution in [0.2, 0.25) is 0 Å². The number of amides is 1. The number of carbonyl (C=O) groups is 1. The lowest BCUT2D eigenvalue weighted by atomic mass is 10.2. The molecule has 0 bridgehead atoms. The van der Waals surface area contributed by atoms with E-state index in [1.54, 1.807) is 0 Å². The minimum Gasteiger partial charge on any atom is -0.358 e. The Morgan fingerprint density at radius 1 is 1.24 bits per heavy atom. The third-order valence-electron chi connectivity index (χ3n) is 4.03. The molecule has 1 N–H and O–H groups in total. The van der Waals surface area contributed by atoms with Crippen molar-refractivity contribution in [2.75, 3.05) is 31.5 Å². The van der Waals surface area contributed by atoms with Crippen LogP contribution in [0.4, 0.5) is 5.13 Å². The van der Waals surface area contributed by atoms with E-state index in [1.165, 1.54) is 11.3 Å². The zero-order valence-electron chi connectivity index (χ0n) is 14.5.